The standard InChI is InChI=1S/C36H41N3O5S/c1-5-28(4)37-36(41)34(6-2)38(25-29-16-14-13-15-27(29)3)35(40)26-39(45(42,43)33-19-11-8-12-20-33)30-21-23-32(24-22-30)44-31-17-9-7-10-18-31/h7-24,28,34H,5-6,25-26H2,1-4H3,(H,37,41)/t28-,34+/m1/s1. The number of sulfonamides is 1. The van der Waals surface area contributed by atoms with Gasteiger partial charge in [0.2, 0.25) is 11.8 Å². The van der Waals surface area contributed by atoms with Gasteiger partial charge in [0.25, 0.3) is 10.0 Å². The van der Waals surface area contributed by atoms with E-state index < -0.39 is 28.5 Å². The van der Waals surface area contributed by atoms with Gasteiger partial charge >= 0.3 is 0 Å². The first kappa shape index (κ1) is 33.3. The Kier molecular flexibility index (Phi) is 11.4. The third-order valence-electron chi connectivity index (χ3n) is 7.70. The number of benzene rings is 4. The number of carbonyl (C=O) groups is 2. The minimum atomic E-state index is -4.17. The predicted molar refractivity (Wildman–Crippen MR) is 178 cm³/mol. The highest BCUT2D eigenvalue weighted by molar-refractivity contribution is 7.92. The smallest absolute Gasteiger partial charge is 0.264 e. The van der Waals surface area contributed by atoms with E-state index in [0.29, 0.717) is 23.6 Å². The van der Waals surface area contributed by atoms with Gasteiger partial charge in [0.15, 0.2) is 0 Å². The van der Waals surface area contributed by atoms with Gasteiger partial charge in [-0.2, -0.15) is 0 Å². The van der Waals surface area contributed by atoms with Gasteiger partial charge in [-0.3, -0.25) is 13.9 Å². The third kappa shape index (κ3) is 8.51. The van der Waals surface area contributed by atoms with Crippen LogP contribution in [0.4, 0.5) is 5.69 Å². The van der Waals surface area contributed by atoms with Gasteiger partial charge in [-0.1, -0.05) is 74.5 Å². The molecule has 0 radical (unpaired) electrons. The Bertz CT molecular complexity index is 1660. The van der Waals surface area contributed by atoms with Crippen LogP contribution in [0, 0.1) is 6.92 Å². The first-order valence-electron chi connectivity index (χ1n) is 15.2. The summed E-state index contributed by atoms with van der Waals surface area (Å²) >= 11 is 0. The second-order valence-corrected chi connectivity index (χ2v) is 12.8. The summed E-state index contributed by atoms with van der Waals surface area (Å²) in [6, 6.07) is 30.6. The molecule has 45 heavy (non-hydrogen) atoms. The van der Waals surface area contributed by atoms with Gasteiger partial charge in [0, 0.05) is 12.6 Å². The van der Waals surface area contributed by atoms with Crippen molar-refractivity contribution < 1.29 is 22.7 Å². The van der Waals surface area contributed by atoms with Crippen molar-refractivity contribution in [3.05, 3.63) is 120 Å². The second-order valence-electron chi connectivity index (χ2n) is 10.9. The number of anilines is 1. The van der Waals surface area contributed by atoms with Crippen molar-refractivity contribution >= 4 is 27.5 Å². The maximum Gasteiger partial charge on any atom is 0.264 e. The molecule has 8 nitrogen and oxygen atoms in total. The topological polar surface area (TPSA) is 96.0 Å². The average Bonchev–Trinajstić information content (AvgIpc) is 3.05. The Hall–Kier alpha value is -4.63. The van der Waals surface area contributed by atoms with Crippen LogP contribution in [0.15, 0.2) is 114 Å². The zero-order valence-electron chi connectivity index (χ0n) is 26.2. The number of rotatable bonds is 14. The van der Waals surface area contributed by atoms with Gasteiger partial charge in [-0.15, -0.1) is 0 Å². The van der Waals surface area contributed by atoms with Crippen LogP contribution in [-0.2, 0) is 26.2 Å². The Balaban J connectivity index is 1.72. The maximum atomic E-state index is 14.3. The normalized spacial score (nSPS) is 12.5. The summed E-state index contributed by atoms with van der Waals surface area (Å²) in [7, 11) is -4.17. The monoisotopic (exact) mass is 627 g/mol. The van der Waals surface area contributed by atoms with E-state index in [1.807, 2.05) is 82.3 Å². The van der Waals surface area contributed by atoms with E-state index in [1.54, 1.807) is 42.5 Å². The summed E-state index contributed by atoms with van der Waals surface area (Å²) in [5.74, 6) is 0.395. The minimum absolute atomic E-state index is 0.0504. The lowest BCUT2D eigenvalue weighted by atomic mass is 10.1. The van der Waals surface area contributed by atoms with Gasteiger partial charge in [0.1, 0.15) is 24.1 Å². The van der Waals surface area contributed by atoms with Crippen LogP contribution in [0.5, 0.6) is 11.5 Å². The fourth-order valence-corrected chi connectivity index (χ4v) is 6.32. The van der Waals surface area contributed by atoms with Gasteiger partial charge in [0.05, 0.1) is 10.6 Å². The van der Waals surface area contributed by atoms with E-state index >= 15 is 0 Å². The van der Waals surface area contributed by atoms with E-state index in [2.05, 4.69) is 5.32 Å². The number of carbonyl (C=O) groups excluding carboxylic acids is 2. The van der Waals surface area contributed by atoms with Crippen LogP contribution in [0.2, 0.25) is 0 Å². The van der Waals surface area contributed by atoms with E-state index in [1.165, 1.54) is 17.0 Å². The summed E-state index contributed by atoms with van der Waals surface area (Å²) in [4.78, 5) is 29.3. The largest absolute Gasteiger partial charge is 0.457 e. The van der Waals surface area contributed by atoms with Crippen molar-refractivity contribution in [3.8, 4) is 11.5 Å². The molecular formula is C36H41N3O5S. The molecule has 9 heteroatoms. The van der Waals surface area contributed by atoms with Gasteiger partial charge in [-0.25, -0.2) is 8.42 Å². The first-order chi connectivity index (χ1) is 21.6. The van der Waals surface area contributed by atoms with Crippen molar-refractivity contribution in [2.75, 3.05) is 10.8 Å². The Morgan fingerprint density at radius 2 is 1.36 bits per heavy atom. The van der Waals surface area contributed by atoms with Crippen LogP contribution < -0.4 is 14.4 Å². The SMILES string of the molecule is CC[C@@H](C)NC(=O)[C@H](CC)N(Cc1ccccc1C)C(=O)CN(c1ccc(Oc2ccccc2)cc1)S(=O)(=O)c1ccccc1. The van der Waals surface area contributed by atoms with Crippen LogP contribution >= 0.6 is 0 Å². The Morgan fingerprint density at radius 3 is 1.96 bits per heavy atom. The highest BCUT2D eigenvalue weighted by Crippen LogP contribution is 2.29. The van der Waals surface area contributed by atoms with Crippen LogP contribution in [0.1, 0.15) is 44.7 Å². The molecule has 4 aromatic carbocycles. The molecule has 2 atom stereocenters. The number of amides is 2. The lowest BCUT2D eigenvalue weighted by Crippen LogP contribution is -2.53. The number of hydrogen-bond acceptors (Lipinski definition) is 5. The number of aryl methyl sites for hydroxylation is 1. The number of hydrogen-bond donors (Lipinski definition) is 1. The Labute approximate surface area is 266 Å². The Morgan fingerprint density at radius 1 is 0.778 bits per heavy atom. The molecule has 2 amide bonds. The lowest BCUT2D eigenvalue weighted by molar-refractivity contribution is -0.140. The molecule has 0 aromatic heterocycles. The highest BCUT2D eigenvalue weighted by atomic mass is 32.2. The highest BCUT2D eigenvalue weighted by Gasteiger charge is 2.34. The summed E-state index contributed by atoms with van der Waals surface area (Å²) in [6.07, 6.45) is 1.10. The molecule has 0 saturated carbocycles. The first-order valence-corrected chi connectivity index (χ1v) is 16.6. The number of ether oxygens (including phenoxy) is 1. The number of nitrogens with one attached hydrogen (secondary N) is 1. The molecule has 0 aliphatic rings. The van der Waals surface area contributed by atoms with Crippen LogP contribution in [0.3, 0.4) is 0 Å². The molecule has 4 rings (SSSR count). The summed E-state index contributed by atoms with van der Waals surface area (Å²) in [6.45, 7) is 7.34. The number of para-hydroxylation sites is 1. The molecule has 4 aromatic rings. The van der Waals surface area contributed by atoms with Crippen LogP contribution in [-0.4, -0.2) is 43.8 Å². The molecule has 0 saturated heterocycles. The molecule has 0 aliphatic heterocycles. The van der Waals surface area contributed by atoms with Gasteiger partial charge < -0.3 is 15.0 Å². The maximum absolute atomic E-state index is 14.3. The summed E-state index contributed by atoms with van der Waals surface area (Å²) in [5, 5.41) is 3.00. The van der Waals surface area contributed by atoms with Crippen molar-refractivity contribution in [2.45, 2.75) is 64.1 Å². The fraction of sp³-hybridized carbons (Fsp3) is 0.278. The van der Waals surface area contributed by atoms with Gasteiger partial charge in [-0.05, 0) is 86.3 Å². The molecule has 0 aliphatic carbocycles. The summed E-state index contributed by atoms with van der Waals surface area (Å²) < 4.78 is 35.2. The molecule has 0 fully saturated rings. The fourth-order valence-electron chi connectivity index (χ4n) is 4.89. The molecule has 1 N–H and O–H groups in total. The van der Waals surface area contributed by atoms with Crippen molar-refractivity contribution in [2.24, 2.45) is 0 Å². The van der Waals surface area contributed by atoms with Crippen molar-refractivity contribution in [3.63, 3.8) is 0 Å². The zero-order valence-corrected chi connectivity index (χ0v) is 27.0. The van der Waals surface area contributed by atoms with Crippen molar-refractivity contribution in [1.29, 1.82) is 0 Å². The molecule has 0 bridgehead atoms. The molecule has 236 valence electrons. The average molecular weight is 628 g/mol. The molecular weight excluding hydrogens is 586 g/mol. The van der Waals surface area contributed by atoms with E-state index in [9.17, 15) is 18.0 Å². The molecule has 0 unspecified atom stereocenters. The van der Waals surface area contributed by atoms with E-state index in [-0.39, 0.29) is 23.4 Å². The third-order valence-corrected chi connectivity index (χ3v) is 9.49. The zero-order chi connectivity index (χ0) is 32.4. The molecule has 0 spiro atoms. The summed E-state index contributed by atoms with van der Waals surface area (Å²) in [5.41, 5.74) is 2.14. The lowest BCUT2D eigenvalue weighted by Gasteiger charge is -2.34. The number of nitrogens with zero attached hydrogens (tertiary/aromatic N) is 2. The molecule has 0 heterocycles. The second kappa shape index (κ2) is 15.4. The van der Waals surface area contributed by atoms with Crippen LogP contribution in [0.25, 0.3) is 0 Å². The van der Waals surface area contributed by atoms with E-state index in [0.717, 1.165) is 21.9 Å². The predicted octanol–water partition coefficient (Wildman–Crippen LogP) is 6.70. The van der Waals surface area contributed by atoms with Crippen molar-refractivity contribution in [1.82, 2.24) is 10.2 Å². The van der Waals surface area contributed by atoms with E-state index in [4.69, 9.17) is 4.74 Å². The quantitative estimate of drug-likeness (QED) is 0.168. The minimum Gasteiger partial charge on any atom is -0.457 e.